The summed E-state index contributed by atoms with van der Waals surface area (Å²) < 4.78 is 0. The molecule has 4 rings (SSSR count). The SMILES string of the molecule is CC1=C(C(=O)Nc2ccccc2C)C(c2ccc([NH+]([O-])O)cc2)C(C(=O)Nc2ccccc2C)=C(C)N1. The molecule has 0 saturated carbocycles. The van der Waals surface area contributed by atoms with E-state index in [1.807, 2.05) is 62.4 Å². The highest BCUT2D eigenvalue weighted by atomic mass is 16.8. The average Bonchev–Trinajstić information content (AvgIpc) is 2.86. The van der Waals surface area contributed by atoms with Crippen molar-refractivity contribution < 1.29 is 20.0 Å². The highest BCUT2D eigenvalue weighted by Gasteiger charge is 2.36. The van der Waals surface area contributed by atoms with E-state index in [1.165, 1.54) is 12.1 Å². The van der Waals surface area contributed by atoms with Gasteiger partial charge in [0.1, 0.15) is 0 Å². The van der Waals surface area contributed by atoms with E-state index < -0.39 is 11.1 Å². The van der Waals surface area contributed by atoms with Crippen LogP contribution in [-0.4, -0.2) is 17.0 Å². The Labute approximate surface area is 215 Å². The Morgan fingerprint density at radius 3 is 1.59 bits per heavy atom. The Hall–Kier alpha value is -4.24. The van der Waals surface area contributed by atoms with E-state index in [2.05, 4.69) is 16.0 Å². The van der Waals surface area contributed by atoms with Crippen LogP contribution >= 0.6 is 0 Å². The molecule has 8 nitrogen and oxygen atoms in total. The van der Waals surface area contributed by atoms with Gasteiger partial charge in [-0.05, 0) is 56.5 Å². The molecule has 2 amide bonds. The van der Waals surface area contributed by atoms with Crippen LogP contribution in [0, 0.1) is 19.1 Å². The van der Waals surface area contributed by atoms with Crippen molar-refractivity contribution in [3.63, 3.8) is 0 Å². The lowest BCUT2D eigenvalue weighted by Gasteiger charge is -2.32. The Bertz CT molecular complexity index is 1330. The molecule has 8 heteroatoms. The normalized spacial score (nSPS) is 14.8. The van der Waals surface area contributed by atoms with Crippen LogP contribution in [0.25, 0.3) is 0 Å². The smallest absolute Gasteiger partial charge is 0.254 e. The fraction of sp³-hybridized carbons (Fsp3) is 0.172. The van der Waals surface area contributed by atoms with E-state index in [-0.39, 0.29) is 17.5 Å². The van der Waals surface area contributed by atoms with Crippen molar-refractivity contribution in [2.75, 3.05) is 10.6 Å². The first-order chi connectivity index (χ1) is 17.7. The Morgan fingerprint density at radius 2 is 1.19 bits per heavy atom. The van der Waals surface area contributed by atoms with Crippen LogP contribution in [0.15, 0.2) is 95.3 Å². The first-order valence-electron chi connectivity index (χ1n) is 11.9. The van der Waals surface area contributed by atoms with Crippen molar-refractivity contribution in [1.82, 2.24) is 5.32 Å². The predicted octanol–water partition coefficient (Wildman–Crippen LogP) is 4.22. The van der Waals surface area contributed by atoms with Gasteiger partial charge in [0.2, 0.25) is 0 Å². The number of carbonyl (C=O) groups excluding carboxylic acids is 2. The number of anilines is 2. The minimum Gasteiger partial charge on any atom is -0.595 e. The second-order valence-corrected chi connectivity index (χ2v) is 9.10. The maximum absolute atomic E-state index is 13.7. The summed E-state index contributed by atoms with van der Waals surface area (Å²) in [6.07, 6.45) is 0. The second-order valence-electron chi connectivity index (χ2n) is 9.10. The fourth-order valence-corrected chi connectivity index (χ4v) is 4.55. The van der Waals surface area contributed by atoms with Crippen LogP contribution in [0.3, 0.4) is 0 Å². The molecule has 1 atom stereocenters. The zero-order chi connectivity index (χ0) is 26.7. The van der Waals surface area contributed by atoms with Crippen LogP contribution < -0.4 is 21.2 Å². The number of aryl methyl sites for hydroxylation is 2. The summed E-state index contributed by atoms with van der Waals surface area (Å²) in [4.78, 5) is 27.4. The molecule has 0 radical (unpaired) electrons. The zero-order valence-electron chi connectivity index (χ0n) is 21.2. The number of amides is 2. The van der Waals surface area contributed by atoms with Crippen LogP contribution in [-0.2, 0) is 9.59 Å². The van der Waals surface area contributed by atoms with Gasteiger partial charge >= 0.3 is 0 Å². The molecule has 0 aromatic heterocycles. The Kier molecular flexibility index (Phi) is 7.54. The first-order valence-corrected chi connectivity index (χ1v) is 11.9. The third kappa shape index (κ3) is 5.46. The van der Waals surface area contributed by atoms with Crippen molar-refractivity contribution in [2.24, 2.45) is 0 Å². The minimum atomic E-state index is -1.05. The van der Waals surface area contributed by atoms with Gasteiger partial charge in [0.25, 0.3) is 11.8 Å². The third-order valence-corrected chi connectivity index (χ3v) is 6.53. The van der Waals surface area contributed by atoms with Crippen molar-refractivity contribution in [2.45, 2.75) is 33.6 Å². The summed E-state index contributed by atoms with van der Waals surface area (Å²) >= 11 is 0. The molecule has 0 fully saturated rings. The molecule has 190 valence electrons. The number of para-hydroxylation sites is 2. The molecule has 3 aromatic rings. The second kappa shape index (κ2) is 10.8. The van der Waals surface area contributed by atoms with E-state index in [9.17, 15) is 20.0 Å². The molecule has 1 heterocycles. The Balaban J connectivity index is 1.79. The topological polar surface area (TPSA) is 118 Å². The van der Waals surface area contributed by atoms with Crippen molar-refractivity contribution in [3.8, 4) is 0 Å². The number of carbonyl (C=O) groups is 2. The number of nitrogens with one attached hydrogen (secondary N) is 4. The van der Waals surface area contributed by atoms with E-state index in [0.717, 1.165) is 11.1 Å². The van der Waals surface area contributed by atoms with Gasteiger partial charge in [0, 0.05) is 52.0 Å². The summed E-state index contributed by atoms with van der Waals surface area (Å²) in [6, 6.07) is 21.2. The van der Waals surface area contributed by atoms with E-state index in [1.54, 1.807) is 26.0 Å². The molecule has 1 unspecified atom stereocenters. The zero-order valence-corrected chi connectivity index (χ0v) is 21.2. The predicted molar refractivity (Wildman–Crippen MR) is 143 cm³/mol. The lowest BCUT2D eigenvalue weighted by Crippen LogP contribution is -2.99. The number of quaternary nitrogens is 1. The van der Waals surface area contributed by atoms with Gasteiger partial charge in [0.15, 0.2) is 5.69 Å². The summed E-state index contributed by atoms with van der Waals surface area (Å²) in [5.41, 5.74) is 5.90. The number of hydrogen-bond acceptors (Lipinski definition) is 5. The molecular weight excluding hydrogens is 468 g/mol. The summed E-state index contributed by atoms with van der Waals surface area (Å²) in [5.74, 6) is -1.42. The van der Waals surface area contributed by atoms with Gasteiger partial charge < -0.3 is 21.2 Å². The van der Waals surface area contributed by atoms with Crippen molar-refractivity contribution >= 4 is 28.9 Å². The average molecular weight is 499 g/mol. The lowest BCUT2D eigenvalue weighted by atomic mass is 9.79. The molecule has 0 bridgehead atoms. The van der Waals surface area contributed by atoms with Crippen LogP contribution in [0.2, 0.25) is 0 Å². The Morgan fingerprint density at radius 1 is 0.757 bits per heavy atom. The maximum atomic E-state index is 13.7. The molecule has 0 spiro atoms. The molecule has 0 aliphatic carbocycles. The van der Waals surface area contributed by atoms with Gasteiger partial charge in [0.05, 0.1) is 0 Å². The quantitative estimate of drug-likeness (QED) is 0.326. The molecule has 3 aromatic carbocycles. The minimum absolute atomic E-state index is 0.121. The maximum Gasteiger partial charge on any atom is 0.254 e. The summed E-state index contributed by atoms with van der Waals surface area (Å²) in [7, 11) is 0. The van der Waals surface area contributed by atoms with Crippen molar-refractivity contribution in [1.29, 1.82) is 0 Å². The number of dihydropyridines is 1. The molecule has 37 heavy (non-hydrogen) atoms. The summed E-state index contributed by atoms with van der Waals surface area (Å²) in [6.45, 7) is 7.40. The largest absolute Gasteiger partial charge is 0.595 e. The lowest BCUT2D eigenvalue weighted by molar-refractivity contribution is -0.991. The standard InChI is InChI=1S/C29H30N4O4/c1-17-9-5-7-11-23(17)31-28(34)25-19(3)30-20(4)26(29(35)32-24-12-8-6-10-18(24)2)27(25)21-13-15-22(16-14-21)33(36)37/h5-16,27,30,33,36H,1-4H3,(H,31,34)(H,32,35). The monoisotopic (exact) mass is 498 g/mol. The van der Waals surface area contributed by atoms with Crippen LogP contribution in [0.4, 0.5) is 17.1 Å². The number of hydrogen-bond donors (Lipinski definition) is 5. The van der Waals surface area contributed by atoms with Gasteiger partial charge in [-0.1, -0.05) is 48.5 Å². The third-order valence-electron chi connectivity index (χ3n) is 6.53. The van der Waals surface area contributed by atoms with Gasteiger partial charge in [-0.2, -0.15) is 5.23 Å². The number of allylic oxidation sites excluding steroid dienone is 2. The molecular formula is C29H30N4O4. The highest BCUT2D eigenvalue weighted by Crippen LogP contribution is 2.39. The molecule has 5 N–H and O–H groups in total. The van der Waals surface area contributed by atoms with Gasteiger partial charge in [-0.15, -0.1) is 0 Å². The van der Waals surface area contributed by atoms with Crippen molar-refractivity contribution in [3.05, 3.63) is 117 Å². The summed E-state index contributed by atoms with van der Waals surface area (Å²) in [5, 5.41) is 29.0. The van der Waals surface area contributed by atoms with E-state index in [4.69, 9.17) is 0 Å². The van der Waals surface area contributed by atoms with E-state index in [0.29, 0.717) is 39.5 Å². The first kappa shape index (κ1) is 25.8. The van der Waals surface area contributed by atoms with Gasteiger partial charge in [-0.3, -0.25) is 9.59 Å². The van der Waals surface area contributed by atoms with E-state index >= 15 is 0 Å². The molecule has 0 saturated heterocycles. The fourth-order valence-electron chi connectivity index (χ4n) is 4.55. The van der Waals surface area contributed by atoms with Gasteiger partial charge in [-0.25, -0.2) is 5.21 Å². The number of rotatable bonds is 6. The van der Waals surface area contributed by atoms with Crippen LogP contribution in [0.1, 0.15) is 36.5 Å². The molecule has 1 aliphatic heterocycles. The molecule has 1 aliphatic rings. The number of benzene rings is 3. The van der Waals surface area contributed by atoms with Crippen LogP contribution in [0.5, 0.6) is 0 Å². The highest BCUT2D eigenvalue weighted by molar-refractivity contribution is 6.12.